The van der Waals surface area contributed by atoms with Gasteiger partial charge in [0, 0.05) is 26.3 Å². The summed E-state index contributed by atoms with van der Waals surface area (Å²) in [5.41, 5.74) is 0.876. The fourth-order valence-electron chi connectivity index (χ4n) is 2.56. The van der Waals surface area contributed by atoms with Crippen LogP contribution in [0.15, 0.2) is 33.5 Å². The van der Waals surface area contributed by atoms with Crippen molar-refractivity contribution in [1.29, 1.82) is 0 Å². The number of benzene rings is 1. The monoisotopic (exact) mass is 319 g/mol. The van der Waals surface area contributed by atoms with Gasteiger partial charge in [-0.05, 0) is 25.5 Å². The summed E-state index contributed by atoms with van der Waals surface area (Å²) >= 11 is 0. The van der Waals surface area contributed by atoms with Crippen molar-refractivity contribution in [3.8, 4) is 5.75 Å². The smallest absolute Gasteiger partial charge is 0.344 e. The Balaban J connectivity index is 0.000000924. The molecule has 2 heterocycles. The molecule has 0 fully saturated rings. The minimum absolute atomic E-state index is 0.307. The molecule has 0 bridgehead atoms. The van der Waals surface area contributed by atoms with Gasteiger partial charge in [-0.3, -0.25) is 4.90 Å². The molecule has 0 saturated carbocycles. The molecule has 23 heavy (non-hydrogen) atoms. The highest BCUT2D eigenvalue weighted by Gasteiger charge is 2.23. The van der Waals surface area contributed by atoms with E-state index in [1.165, 1.54) is 0 Å². The zero-order chi connectivity index (χ0) is 16.7. The van der Waals surface area contributed by atoms with Crippen LogP contribution in [-0.4, -0.2) is 31.4 Å². The predicted molar refractivity (Wildman–Crippen MR) is 90.8 cm³/mol. The number of fused-ring (bicyclic) bond motifs is 3. The summed E-state index contributed by atoms with van der Waals surface area (Å²) in [7, 11) is 0. The van der Waals surface area contributed by atoms with Crippen molar-refractivity contribution in [2.24, 2.45) is 0 Å². The Morgan fingerprint density at radius 3 is 2.83 bits per heavy atom. The molecule has 0 atom stereocenters. The van der Waals surface area contributed by atoms with E-state index in [9.17, 15) is 4.79 Å². The van der Waals surface area contributed by atoms with Gasteiger partial charge >= 0.3 is 5.63 Å². The van der Waals surface area contributed by atoms with E-state index in [4.69, 9.17) is 13.9 Å². The van der Waals surface area contributed by atoms with Crippen LogP contribution in [0.3, 0.4) is 0 Å². The molecule has 5 nitrogen and oxygen atoms in total. The third-order valence-electron chi connectivity index (χ3n) is 3.60. The van der Waals surface area contributed by atoms with Crippen LogP contribution in [0.4, 0.5) is 0 Å². The SMILES string of the molecule is CC.CCOCCCN1COc2c(c(=O)oc3ccccc23)C1. The first kappa shape index (κ1) is 17.5. The Labute approximate surface area is 136 Å². The minimum Gasteiger partial charge on any atom is -0.477 e. The maximum atomic E-state index is 12.1. The first-order valence-electron chi connectivity index (χ1n) is 8.27. The molecule has 1 aromatic heterocycles. The average molecular weight is 319 g/mol. The fraction of sp³-hybridized carbons (Fsp3) is 0.500. The zero-order valence-electron chi connectivity index (χ0n) is 14.1. The van der Waals surface area contributed by atoms with E-state index < -0.39 is 0 Å². The van der Waals surface area contributed by atoms with Crippen LogP contribution in [-0.2, 0) is 11.3 Å². The molecular formula is C18H25NO4. The first-order valence-corrected chi connectivity index (χ1v) is 8.27. The van der Waals surface area contributed by atoms with Gasteiger partial charge in [-0.15, -0.1) is 0 Å². The number of hydrogen-bond donors (Lipinski definition) is 0. The summed E-state index contributed by atoms with van der Waals surface area (Å²) in [5.74, 6) is 0.669. The Morgan fingerprint density at radius 1 is 1.26 bits per heavy atom. The highest BCUT2D eigenvalue weighted by atomic mass is 16.5. The van der Waals surface area contributed by atoms with Crippen LogP contribution in [0.2, 0.25) is 0 Å². The van der Waals surface area contributed by atoms with Crippen LogP contribution >= 0.6 is 0 Å². The number of ether oxygens (including phenoxy) is 2. The van der Waals surface area contributed by atoms with E-state index >= 15 is 0 Å². The molecule has 1 aromatic carbocycles. The third kappa shape index (κ3) is 4.12. The molecule has 1 aliphatic rings. The van der Waals surface area contributed by atoms with E-state index in [1.807, 2.05) is 39.0 Å². The number of nitrogens with zero attached hydrogens (tertiary/aromatic N) is 1. The average Bonchev–Trinajstić information content (AvgIpc) is 2.61. The second-order valence-electron chi connectivity index (χ2n) is 5.07. The summed E-state index contributed by atoms with van der Waals surface area (Å²) < 4.78 is 16.5. The third-order valence-corrected chi connectivity index (χ3v) is 3.60. The molecule has 3 rings (SSSR count). The van der Waals surface area contributed by atoms with E-state index in [0.29, 0.717) is 30.2 Å². The standard InChI is InChI=1S/C16H19NO4.C2H6/c1-2-19-9-5-8-17-10-13-15(20-11-17)12-6-3-4-7-14(12)21-16(13)18;1-2/h3-4,6-7H,2,5,8-11H2,1H3;1-2H3. The maximum Gasteiger partial charge on any atom is 0.344 e. The van der Waals surface area contributed by atoms with E-state index in [2.05, 4.69) is 4.90 Å². The second-order valence-corrected chi connectivity index (χ2v) is 5.07. The van der Waals surface area contributed by atoms with Crippen molar-refractivity contribution in [2.75, 3.05) is 26.5 Å². The van der Waals surface area contributed by atoms with Crippen molar-refractivity contribution in [2.45, 2.75) is 33.7 Å². The van der Waals surface area contributed by atoms with Gasteiger partial charge in [-0.25, -0.2) is 4.79 Å². The molecule has 0 saturated heterocycles. The number of para-hydroxylation sites is 1. The van der Waals surface area contributed by atoms with Gasteiger partial charge in [0.1, 0.15) is 18.1 Å². The van der Waals surface area contributed by atoms with Crippen molar-refractivity contribution in [3.63, 3.8) is 0 Å². The maximum absolute atomic E-state index is 12.1. The molecule has 1 aliphatic heterocycles. The highest BCUT2D eigenvalue weighted by molar-refractivity contribution is 5.84. The Hall–Kier alpha value is -1.85. The fourth-order valence-corrected chi connectivity index (χ4v) is 2.56. The van der Waals surface area contributed by atoms with Crippen LogP contribution in [0.5, 0.6) is 5.75 Å². The molecule has 5 heteroatoms. The van der Waals surface area contributed by atoms with Gasteiger partial charge < -0.3 is 13.9 Å². The predicted octanol–water partition coefficient (Wildman–Crippen LogP) is 3.40. The summed E-state index contributed by atoms with van der Waals surface area (Å²) in [6.45, 7) is 9.34. The zero-order valence-corrected chi connectivity index (χ0v) is 14.1. The topological polar surface area (TPSA) is 51.9 Å². The summed E-state index contributed by atoms with van der Waals surface area (Å²) in [6, 6.07) is 7.47. The molecule has 126 valence electrons. The largest absolute Gasteiger partial charge is 0.477 e. The van der Waals surface area contributed by atoms with Crippen molar-refractivity contribution >= 4 is 11.0 Å². The van der Waals surface area contributed by atoms with Crippen molar-refractivity contribution < 1.29 is 13.9 Å². The molecule has 0 amide bonds. The Kier molecular flexibility index (Phi) is 6.62. The van der Waals surface area contributed by atoms with Gasteiger partial charge in [0.2, 0.25) is 0 Å². The highest BCUT2D eigenvalue weighted by Crippen LogP contribution is 2.30. The molecule has 0 unspecified atom stereocenters. The molecule has 0 N–H and O–H groups in total. The van der Waals surface area contributed by atoms with Crippen LogP contribution in [0.25, 0.3) is 11.0 Å². The lowest BCUT2D eigenvalue weighted by molar-refractivity contribution is 0.0763. The lowest BCUT2D eigenvalue weighted by atomic mass is 10.1. The normalized spacial score (nSPS) is 13.9. The Bertz CT molecular complexity index is 680. The lowest BCUT2D eigenvalue weighted by Gasteiger charge is -2.28. The van der Waals surface area contributed by atoms with Gasteiger partial charge in [0.15, 0.2) is 0 Å². The molecule has 0 spiro atoms. The van der Waals surface area contributed by atoms with Crippen LogP contribution < -0.4 is 10.4 Å². The summed E-state index contributed by atoms with van der Waals surface area (Å²) in [5, 5.41) is 0.862. The Morgan fingerprint density at radius 2 is 2.04 bits per heavy atom. The van der Waals surface area contributed by atoms with Crippen molar-refractivity contribution in [1.82, 2.24) is 4.90 Å². The van der Waals surface area contributed by atoms with Gasteiger partial charge in [0.05, 0.1) is 10.9 Å². The molecule has 0 radical (unpaired) electrons. The van der Waals surface area contributed by atoms with Crippen molar-refractivity contribution in [3.05, 3.63) is 40.2 Å². The van der Waals surface area contributed by atoms with Crippen LogP contribution in [0, 0.1) is 0 Å². The van der Waals surface area contributed by atoms with E-state index in [1.54, 1.807) is 6.07 Å². The van der Waals surface area contributed by atoms with Crippen LogP contribution in [0.1, 0.15) is 32.8 Å². The van der Waals surface area contributed by atoms with E-state index in [0.717, 1.165) is 31.6 Å². The van der Waals surface area contributed by atoms with Gasteiger partial charge in [-0.2, -0.15) is 0 Å². The minimum atomic E-state index is -0.307. The number of hydrogen-bond acceptors (Lipinski definition) is 5. The first-order chi connectivity index (χ1) is 11.3. The molecular weight excluding hydrogens is 294 g/mol. The summed E-state index contributed by atoms with van der Waals surface area (Å²) in [4.78, 5) is 14.2. The molecule has 2 aromatic rings. The second kappa shape index (κ2) is 8.70. The van der Waals surface area contributed by atoms with Gasteiger partial charge in [0.25, 0.3) is 0 Å². The lowest BCUT2D eigenvalue weighted by Crippen LogP contribution is -2.36. The number of rotatable bonds is 5. The summed E-state index contributed by atoms with van der Waals surface area (Å²) in [6.07, 6.45) is 0.922. The van der Waals surface area contributed by atoms with Gasteiger partial charge in [-0.1, -0.05) is 26.0 Å². The quantitative estimate of drug-likeness (QED) is 0.624. The molecule has 0 aliphatic carbocycles. The van der Waals surface area contributed by atoms with E-state index in [-0.39, 0.29) is 5.63 Å².